The van der Waals surface area contributed by atoms with Crippen molar-refractivity contribution >= 4 is 17.7 Å². The highest BCUT2D eigenvalue weighted by Gasteiger charge is 2.24. The third-order valence-corrected chi connectivity index (χ3v) is 4.96. The van der Waals surface area contributed by atoms with E-state index >= 15 is 0 Å². The van der Waals surface area contributed by atoms with Gasteiger partial charge in [0.25, 0.3) is 0 Å². The van der Waals surface area contributed by atoms with Crippen LogP contribution in [0.25, 0.3) is 5.69 Å². The minimum Gasteiger partial charge on any atom is -0.468 e. The lowest BCUT2D eigenvalue weighted by atomic mass is 10.0. The van der Waals surface area contributed by atoms with Crippen LogP contribution in [0.15, 0.2) is 35.5 Å². The topological polar surface area (TPSA) is 44.1 Å². The van der Waals surface area contributed by atoms with Crippen molar-refractivity contribution in [2.45, 2.75) is 43.0 Å². The highest BCUT2D eigenvalue weighted by atomic mass is 32.2. The number of methoxy groups -OCH3 is 1. The molecule has 0 radical (unpaired) electrons. The Morgan fingerprint density at radius 3 is 2.73 bits per heavy atom. The molecule has 3 rings (SSSR count). The van der Waals surface area contributed by atoms with Gasteiger partial charge in [0.15, 0.2) is 5.16 Å². The van der Waals surface area contributed by atoms with Crippen molar-refractivity contribution in [1.82, 2.24) is 9.55 Å². The molecule has 1 heterocycles. The maximum atomic E-state index is 11.7. The van der Waals surface area contributed by atoms with Gasteiger partial charge in [0.05, 0.1) is 12.8 Å². The van der Waals surface area contributed by atoms with Gasteiger partial charge < -0.3 is 4.74 Å². The first-order chi connectivity index (χ1) is 10.7. The van der Waals surface area contributed by atoms with Crippen LogP contribution in [0.2, 0.25) is 0 Å². The Kier molecular flexibility index (Phi) is 4.52. The van der Waals surface area contributed by atoms with Crippen molar-refractivity contribution < 1.29 is 9.53 Å². The summed E-state index contributed by atoms with van der Waals surface area (Å²) in [5.74, 6) is -0.217. The van der Waals surface area contributed by atoms with Crippen molar-refractivity contribution in [2.75, 3.05) is 7.11 Å². The quantitative estimate of drug-likeness (QED) is 0.640. The molecule has 0 spiro atoms. The third kappa shape index (κ3) is 2.90. The lowest BCUT2D eigenvalue weighted by Gasteiger charge is -2.16. The van der Waals surface area contributed by atoms with Crippen molar-refractivity contribution in [3.8, 4) is 5.69 Å². The summed E-state index contributed by atoms with van der Waals surface area (Å²) in [5.41, 5.74) is 3.57. The molecule has 5 heteroatoms. The normalized spacial score (nSPS) is 15.2. The van der Waals surface area contributed by atoms with Crippen LogP contribution in [0.3, 0.4) is 0 Å². The Morgan fingerprint density at radius 2 is 2.00 bits per heavy atom. The number of fused-ring (bicyclic) bond motifs is 1. The lowest BCUT2D eigenvalue weighted by Crippen LogP contribution is -2.15. The van der Waals surface area contributed by atoms with Crippen LogP contribution in [-0.4, -0.2) is 27.9 Å². The predicted octanol–water partition coefficient (Wildman–Crippen LogP) is 3.40. The van der Waals surface area contributed by atoms with Crippen LogP contribution in [0.1, 0.15) is 31.2 Å². The van der Waals surface area contributed by atoms with E-state index in [2.05, 4.69) is 16.7 Å². The van der Waals surface area contributed by atoms with Crippen molar-refractivity contribution in [1.29, 1.82) is 0 Å². The fourth-order valence-electron chi connectivity index (χ4n) is 2.81. The molecule has 22 heavy (non-hydrogen) atoms. The number of benzene rings is 1. The van der Waals surface area contributed by atoms with Crippen molar-refractivity contribution in [3.05, 3.63) is 41.7 Å². The molecule has 0 N–H and O–H groups in total. The molecule has 0 amide bonds. The molecule has 0 bridgehead atoms. The van der Waals surface area contributed by atoms with E-state index in [-0.39, 0.29) is 11.2 Å². The number of esters is 1. The molecule has 0 aliphatic heterocycles. The van der Waals surface area contributed by atoms with E-state index in [1.54, 1.807) is 0 Å². The van der Waals surface area contributed by atoms with Gasteiger partial charge in [-0.25, -0.2) is 4.98 Å². The molecule has 1 atom stereocenters. The Balaban J connectivity index is 2.02. The first kappa shape index (κ1) is 15.2. The van der Waals surface area contributed by atoms with Crippen LogP contribution >= 0.6 is 11.8 Å². The Morgan fingerprint density at radius 1 is 1.27 bits per heavy atom. The Hall–Kier alpha value is -1.75. The second-order valence-corrected chi connectivity index (χ2v) is 6.76. The first-order valence-corrected chi connectivity index (χ1v) is 8.49. The van der Waals surface area contributed by atoms with Crippen LogP contribution in [0.4, 0.5) is 0 Å². The Bertz CT molecular complexity index is 667. The number of imidazole rings is 1. The zero-order valence-electron chi connectivity index (χ0n) is 12.9. The number of carbonyl (C=O) groups excluding carboxylic acids is 1. The highest BCUT2D eigenvalue weighted by molar-refractivity contribution is 8.00. The molecule has 4 nitrogen and oxygen atoms in total. The fraction of sp³-hybridized carbons (Fsp3) is 0.412. The summed E-state index contributed by atoms with van der Waals surface area (Å²) < 4.78 is 7.04. The lowest BCUT2D eigenvalue weighted by molar-refractivity contribution is -0.139. The van der Waals surface area contributed by atoms with Gasteiger partial charge >= 0.3 is 5.97 Å². The van der Waals surface area contributed by atoms with Gasteiger partial charge in [0.2, 0.25) is 0 Å². The smallest absolute Gasteiger partial charge is 0.318 e. The number of carbonyl (C=O) groups is 1. The van der Waals surface area contributed by atoms with Crippen molar-refractivity contribution in [2.24, 2.45) is 0 Å². The van der Waals surface area contributed by atoms with Gasteiger partial charge in [-0.2, -0.15) is 0 Å². The largest absolute Gasteiger partial charge is 0.468 e. The third-order valence-electron chi connectivity index (χ3n) is 3.93. The van der Waals surface area contributed by atoms with Gasteiger partial charge in [-0.1, -0.05) is 30.0 Å². The molecular formula is C17H20N2O2S. The second-order valence-electron chi connectivity index (χ2n) is 5.45. The SMILES string of the molecule is COC(=O)C(C)Sc1nc2c(n1-c1ccccc1)CCCC2. The molecular weight excluding hydrogens is 296 g/mol. The average molecular weight is 316 g/mol. The highest BCUT2D eigenvalue weighted by Crippen LogP contribution is 2.32. The summed E-state index contributed by atoms with van der Waals surface area (Å²) in [6, 6.07) is 10.2. The number of rotatable bonds is 4. The molecule has 2 aromatic rings. The van der Waals surface area contributed by atoms with Crippen molar-refractivity contribution in [3.63, 3.8) is 0 Å². The van der Waals surface area contributed by atoms with Crippen LogP contribution < -0.4 is 0 Å². The number of hydrogen-bond acceptors (Lipinski definition) is 4. The first-order valence-electron chi connectivity index (χ1n) is 7.61. The maximum absolute atomic E-state index is 11.7. The van der Waals surface area contributed by atoms with E-state index in [9.17, 15) is 4.79 Å². The fourth-order valence-corrected chi connectivity index (χ4v) is 3.80. The standard InChI is InChI=1S/C17H20N2O2S/c1-12(16(20)21-2)22-17-18-14-10-6-7-11-15(14)19(17)13-8-4-3-5-9-13/h3-5,8-9,12H,6-7,10-11H2,1-2H3. The van der Waals surface area contributed by atoms with E-state index in [0.29, 0.717) is 0 Å². The van der Waals surface area contributed by atoms with Crippen LogP contribution in [0, 0.1) is 0 Å². The number of aromatic nitrogens is 2. The molecule has 1 unspecified atom stereocenters. The summed E-state index contributed by atoms with van der Waals surface area (Å²) in [4.78, 5) is 16.5. The minimum absolute atomic E-state index is 0.217. The minimum atomic E-state index is -0.267. The summed E-state index contributed by atoms with van der Waals surface area (Å²) in [6.45, 7) is 1.86. The molecule has 116 valence electrons. The van der Waals surface area contributed by atoms with Crippen LogP contribution in [0.5, 0.6) is 0 Å². The molecule has 0 saturated heterocycles. The molecule has 1 aromatic carbocycles. The summed E-state index contributed by atoms with van der Waals surface area (Å²) >= 11 is 1.47. The number of para-hydroxylation sites is 1. The summed E-state index contributed by atoms with van der Waals surface area (Å²) in [5, 5.41) is 0.618. The zero-order valence-corrected chi connectivity index (χ0v) is 13.7. The Labute approximate surface area is 134 Å². The number of hydrogen-bond donors (Lipinski definition) is 0. The van der Waals surface area contributed by atoms with E-state index in [0.717, 1.165) is 23.7 Å². The molecule has 0 fully saturated rings. The summed E-state index contributed by atoms with van der Waals surface area (Å²) in [7, 11) is 1.42. The molecule has 1 aromatic heterocycles. The average Bonchev–Trinajstić information content (AvgIpc) is 2.92. The van der Waals surface area contributed by atoms with Gasteiger partial charge in [-0.05, 0) is 44.7 Å². The monoisotopic (exact) mass is 316 g/mol. The van der Waals surface area contributed by atoms with Gasteiger partial charge in [0, 0.05) is 11.4 Å². The van der Waals surface area contributed by atoms with Gasteiger partial charge in [0.1, 0.15) is 5.25 Å². The van der Waals surface area contributed by atoms with Crippen LogP contribution in [-0.2, 0) is 22.4 Å². The summed E-state index contributed by atoms with van der Waals surface area (Å²) in [6.07, 6.45) is 4.46. The number of ether oxygens (including phenoxy) is 1. The zero-order chi connectivity index (χ0) is 15.5. The van der Waals surface area contributed by atoms with E-state index in [1.807, 2.05) is 25.1 Å². The molecule has 1 aliphatic rings. The van der Waals surface area contributed by atoms with Gasteiger partial charge in [-0.15, -0.1) is 0 Å². The van der Waals surface area contributed by atoms with Gasteiger partial charge in [-0.3, -0.25) is 9.36 Å². The molecule has 1 aliphatic carbocycles. The predicted molar refractivity (Wildman–Crippen MR) is 87.5 cm³/mol. The number of thioether (sulfide) groups is 1. The molecule has 0 saturated carbocycles. The number of nitrogens with zero attached hydrogens (tertiary/aromatic N) is 2. The van der Waals surface area contributed by atoms with E-state index in [4.69, 9.17) is 9.72 Å². The van der Waals surface area contributed by atoms with E-state index in [1.165, 1.54) is 43.1 Å². The number of aryl methyl sites for hydroxylation is 1. The van der Waals surface area contributed by atoms with E-state index < -0.39 is 0 Å². The second kappa shape index (κ2) is 6.57. The maximum Gasteiger partial charge on any atom is 0.318 e.